The summed E-state index contributed by atoms with van der Waals surface area (Å²) in [5.41, 5.74) is 0.657. The molecule has 0 saturated carbocycles. The number of carbonyl (C=O) groups is 2. The van der Waals surface area contributed by atoms with Crippen LogP contribution in [0.4, 0.5) is 5.69 Å². The van der Waals surface area contributed by atoms with Gasteiger partial charge in [0, 0.05) is 17.1 Å². The number of hydrogen-bond donors (Lipinski definition) is 1. The number of nitrogens with zero attached hydrogens (tertiary/aromatic N) is 1. The molecular weight excluding hydrogens is 290 g/mol. The Hall–Kier alpha value is -2.21. The number of carbonyl (C=O) groups excluding carboxylic acids is 1. The highest BCUT2D eigenvalue weighted by Crippen LogP contribution is 2.24. The molecule has 0 bridgehead atoms. The number of aliphatic carboxylic acids is 1. The maximum absolute atomic E-state index is 12.5. The minimum Gasteiger partial charge on any atom is -0.481 e. The first-order valence-corrected chi connectivity index (χ1v) is 7.55. The summed E-state index contributed by atoms with van der Waals surface area (Å²) in [5, 5.41) is 8.86. The van der Waals surface area contributed by atoms with Crippen LogP contribution < -0.4 is 4.90 Å². The third-order valence-corrected chi connectivity index (χ3v) is 3.62. The first-order valence-electron chi connectivity index (χ1n) is 6.33. The summed E-state index contributed by atoms with van der Waals surface area (Å²) >= 11 is 1.56. The maximum Gasteiger partial charge on any atom is 0.305 e. The molecule has 1 aromatic heterocycles. The zero-order valence-corrected chi connectivity index (χ0v) is 12.3. The number of thioether (sulfide) groups is 1. The first-order chi connectivity index (χ1) is 10.1. The van der Waals surface area contributed by atoms with Crippen molar-refractivity contribution in [2.24, 2.45) is 0 Å². The molecule has 1 aromatic carbocycles. The summed E-state index contributed by atoms with van der Waals surface area (Å²) in [6.45, 7) is 0.0900. The standard InChI is InChI=1S/C15H15NO4S/c1-21-12-5-2-4-11(10-12)16(8-7-14(17)18)15(19)13-6-3-9-20-13/h2-6,9-10H,7-8H2,1H3,(H,17,18). The van der Waals surface area contributed by atoms with Crippen molar-refractivity contribution < 1.29 is 19.1 Å². The third kappa shape index (κ3) is 3.88. The predicted octanol–water partition coefficient (Wildman–Crippen LogP) is 3.12. The topological polar surface area (TPSA) is 70.8 Å². The number of carboxylic acid groups (broad SMARTS) is 1. The van der Waals surface area contributed by atoms with Gasteiger partial charge in [0.2, 0.25) is 0 Å². The second-order valence-electron chi connectivity index (χ2n) is 4.28. The number of furan rings is 1. The Kier molecular flexibility index (Phi) is 5.05. The number of rotatable bonds is 6. The Morgan fingerprint density at radius 1 is 1.29 bits per heavy atom. The molecule has 2 aromatic rings. The van der Waals surface area contributed by atoms with Crippen LogP contribution >= 0.6 is 11.8 Å². The van der Waals surface area contributed by atoms with E-state index in [4.69, 9.17) is 9.52 Å². The number of hydrogen-bond acceptors (Lipinski definition) is 4. The van der Waals surface area contributed by atoms with E-state index in [1.807, 2.05) is 24.5 Å². The van der Waals surface area contributed by atoms with Crippen molar-refractivity contribution >= 4 is 29.3 Å². The number of anilines is 1. The zero-order valence-electron chi connectivity index (χ0n) is 11.5. The van der Waals surface area contributed by atoms with Crippen LogP contribution in [0.5, 0.6) is 0 Å². The molecule has 0 atom stereocenters. The van der Waals surface area contributed by atoms with Gasteiger partial charge in [-0.25, -0.2) is 0 Å². The monoisotopic (exact) mass is 305 g/mol. The third-order valence-electron chi connectivity index (χ3n) is 2.89. The summed E-state index contributed by atoms with van der Waals surface area (Å²) in [7, 11) is 0. The van der Waals surface area contributed by atoms with Crippen LogP contribution in [0.1, 0.15) is 17.0 Å². The van der Waals surface area contributed by atoms with Gasteiger partial charge in [0.25, 0.3) is 5.91 Å². The normalized spacial score (nSPS) is 10.3. The van der Waals surface area contributed by atoms with E-state index in [-0.39, 0.29) is 24.6 Å². The van der Waals surface area contributed by atoms with Crippen molar-refractivity contribution in [1.29, 1.82) is 0 Å². The van der Waals surface area contributed by atoms with E-state index < -0.39 is 5.97 Å². The van der Waals surface area contributed by atoms with E-state index in [0.717, 1.165) is 4.90 Å². The quantitative estimate of drug-likeness (QED) is 0.830. The van der Waals surface area contributed by atoms with Gasteiger partial charge in [0.05, 0.1) is 12.7 Å². The van der Waals surface area contributed by atoms with Crippen LogP contribution in [0.3, 0.4) is 0 Å². The van der Waals surface area contributed by atoms with Gasteiger partial charge < -0.3 is 14.4 Å². The van der Waals surface area contributed by atoms with Crippen molar-refractivity contribution in [1.82, 2.24) is 0 Å². The van der Waals surface area contributed by atoms with E-state index in [9.17, 15) is 9.59 Å². The Bertz CT molecular complexity index is 624. The number of benzene rings is 1. The van der Waals surface area contributed by atoms with Crippen molar-refractivity contribution in [3.63, 3.8) is 0 Å². The van der Waals surface area contributed by atoms with Gasteiger partial charge in [-0.3, -0.25) is 9.59 Å². The Labute approximate surface area is 126 Å². The van der Waals surface area contributed by atoms with Gasteiger partial charge in [-0.2, -0.15) is 0 Å². The van der Waals surface area contributed by atoms with E-state index in [1.165, 1.54) is 11.2 Å². The summed E-state index contributed by atoms with van der Waals surface area (Å²) in [6.07, 6.45) is 3.23. The molecule has 6 heteroatoms. The average Bonchev–Trinajstić information content (AvgIpc) is 3.01. The Morgan fingerprint density at radius 3 is 2.71 bits per heavy atom. The summed E-state index contributed by atoms with van der Waals surface area (Å²) < 4.78 is 5.12. The van der Waals surface area contributed by atoms with Crippen LogP contribution in [0.25, 0.3) is 0 Å². The lowest BCUT2D eigenvalue weighted by atomic mass is 10.2. The molecule has 21 heavy (non-hydrogen) atoms. The van der Waals surface area contributed by atoms with E-state index in [1.54, 1.807) is 30.0 Å². The molecule has 0 radical (unpaired) electrons. The largest absolute Gasteiger partial charge is 0.481 e. The lowest BCUT2D eigenvalue weighted by Gasteiger charge is -2.21. The van der Waals surface area contributed by atoms with Crippen LogP contribution in [-0.4, -0.2) is 29.8 Å². The number of carboxylic acids is 1. The van der Waals surface area contributed by atoms with Crippen LogP contribution in [-0.2, 0) is 4.79 Å². The molecule has 5 nitrogen and oxygen atoms in total. The Morgan fingerprint density at radius 2 is 2.10 bits per heavy atom. The highest BCUT2D eigenvalue weighted by atomic mass is 32.2. The van der Waals surface area contributed by atoms with Gasteiger partial charge in [0.15, 0.2) is 5.76 Å². The lowest BCUT2D eigenvalue weighted by Crippen LogP contribution is -2.32. The average molecular weight is 305 g/mol. The molecule has 1 amide bonds. The second kappa shape index (κ2) is 6.99. The fourth-order valence-electron chi connectivity index (χ4n) is 1.87. The molecule has 0 aliphatic heterocycles. The lowest BCUT2D eigenvalue weighted by molar-refractivity contribution is -0.136. The van der Waals surface area contributed by atoms with E-state index >= 15 is 0 Å². The maximum atomic E-state index is 12.5. The van der Waals surface area contributed by atoms with Gasteiger partial charge >= 0.3 is 5.97 Å². The van der Waals surface area contributed by atoms with Crippen LogP contribution in [0, 0.1) is 0 Å². The number of amides is 1. The molecular formula is C15H15NO4S. The van der Waals surface area contributed by atoms with Crippen molar-refractivity contribution in [3.05, 3.63) is 48.4 Å². The second-order valence-corrected chi connectivity index (χ2v) is 5.16. The minimum absolute atomic E-state index is 0.0900. The molecule has 0 aliphatic rings. The summed E-state index contributed by atoms with van der Waals surface area (Å²) in [5.74, 6) is -1.11. The van der Waals surface area contributed by atoms with Crippen LogP contribution in [0.2, 0.25) is 0 Å². The fourth-order valence-corrected chi connectivity index (χ4v) is 2.32. The van der Waals surface area contributed by atoms with Gasteiger partial charge in [0.1, 0.15) is 0 Å². The highest BCUT2D eigenvalue weighted by molar-refractivity contribution is 7.98. The van der Waals surface area contributed by atoms with Crippen LogP contribution in [0.15, 0.2) is 52.0 Å². The van der Waals surface area contributed by atoms with E-state index in [0.29, 0.717) is 5.69 Å². The molecule has 0 aliphatic carbocycles. The first kappa shape index (κ1) is 15.2. The summed E-state index contributed by atoms with van der Waals surface area (Å²) in [4.78, 5) is 25.7. The fraction of sp³-hybridized carbons (Fsp3) is 0.200. The SMILES string of the molecule is CSc1cccc(N(CCC(=O)O)C(=O)c2ccco2)c1. The van der Waals surface area contributed by atoms with Gasteiger partial charge in [-0.1, -0.05) is 6.07 Å². The van der Waals surface area contributed by atoms with Gasteiger partial charge in [-0.05, 0) is 36.6 Å². The molecule has 0 spiro atoms. The molecule has 1 N–H and O–H groups in total. The van der Waals surface area contributed by atoms with Crippen molar-refractivity contribution in [2.75, 3.05) is 17.7 Å². The molecule has 110 valence electrons. The molecule has 0 fully saturated rings. The van der Waals surface area contributed by atoms with Crippen molar-refractivity contribution in [3.8, 4) is 0 Å². The zero-order chi connectivity index (χ0) is 15.2. The molecule has 0 unspecified atom stereocenters. The van der Waals surface area contributed by atoms with Gasteiger partial charge in [-0.15, -0.1) is 11.8 Å². The predicted molar refractivity (Wildman–Crippen MR) is 80.9 cm³/mol. The summed E-state index contributed by atoms with van der Waals surface area (Å²) in [6, 6.07) is 10.6. The molecule has 1 heterocycles. The smallest absolute Gasteiger partial charge is 0.305 e. The van der Waals surface area contributed by atoms with E-state index in [2.05, 4.69) is 0 Å². The minimum atomic E-state index is -0.951. The molecule has 0 saturated heterocycles. The highest BCUT2D eigenvalue weighted by Gasteiger charge is 2.21. The Balaban J connectivity index is 2.30. The van der Waals surface area contributed by atoms with Crippen molar-refractivity contribution in [2.45, 2.75) is 11.3 Å². The molecule has 2 rings (SSSR count).